The second kappa shape index (κ2) is 2.63. The van der Waals surface area contributed by atoms with Crippen LogP contribution in [0.5, 0.6) is 5.75 Å². The summed E-state index contributed by atoms with van der Waals surface area (Å²) in [7, 11) is 0. The summed E-state index contributed by atoms with van der Waals surface area (Å²) in [5.74, 6) is -0.389. The fraction of sp³-hybridized carbons (Fsp3) is 0.125. The molecule has 88 valence electrons. The van der Waals surface area contributed by atoms with Crippen LogP contribution in [0, 0.1) is 5.21 Å². The maximum atomic E-state index is 12.4. The van der Waals surface area contributed by atoms with Gasteiger partial charge in [-0.1, -0.05) is 0 Å². The number of amides is 2. The van der Waals surface area contributed by atoms with Gasteiger partial charge in [0.1, 0.15) is 0 Å². The third kappa shape index (κ3) is 1.26. The minimum atomic E-state index is -4.58. The van der Waals surface area contributed by atoms with E-state index in [-0.39, 0.29) is 16.5 Å². The van der Waals surface area contributed by atoms with Crippen molar-refractivity contribution in [1.29, 1.82) is 0 Å². The molecule has 2 amide bonds. The smallest absolute Gasteiger partial charge is 0.514 e. The fourth-order valence-electron chi connectivity index (χ4n) is 1.55. The Balaban J connectivity index is 2.37. The van der Waals surface area contributed by atoms with Crippen molar-refractivity contribution in [1.82, 2.24) is 0 Å². The summed E-state index contributed by atoms with van der Waals surface area (Å²) in [4.78, 5) is 16.8. The van der Waals surface area contributed by atoms with E-state index in [1.807, 2.05) is 0 Å². The van der Waals surface area contributed by atoms with Crippen molar-refractivity contribution in [2.45, 2.75) is 6.18 Å². The zero-order chi connectivity index (χ0) is 12.4. The Labute approximate surface area is 90.4 Å². The van der Waals surface area contributed by atoms with Gasteiger partial charge < -0.3 is 5.21 Å². The van der Waals surface area contributed by atoms with Crippen molar-refractivity contribution in [3.05, 3.63) is 33.6 Å². The first kappa shape index (κ1) is 10.2. The quantitative estimate of drug-likeness (QED) is 0.496. The number of hydroxylamine groups is 2. The Morgan fingerprint density at radius 2 is 2.06 bits per heavy atom. The number of rotatable bonds is 0. The molecule has 0 N–H and O–H groups in total. The highest BCUT2D eigenvalue weighted by Crippen LogP contribution is 2.31. The molecule has 3 aliphatic heterocycles. The Morgan fingerprint density at radius 1 is 1.35 bits per heavy atom. The van der Waals surface area contributed by atoms with Gasteiger partial charge in [0, 0.05) is 11.0 Å². The average Bonchev–Trinajstić information content (AvgIpc) is 2.16. The molecule has 0 spiro atoms. The highest BCUT2D eigenvalue weighted by molar-refractivity contribution is 5.69. The lowest BCUT2D eigenvalue weighted by Gasteiger charge is -2.32. The molecule has 9 heteroatoms. The largest absolute Gasteiger partial charge is 0.552 e. The van der Waals surface area contributed by atoms with Gasteiger partial charge in [0.15, 0.2) is 10.7 Å². The minimum absolute atomic E-state index is 0.140. The Bertz CT molecular complexity index is 669. The molecule has 17 heavy (non-hydrogen) atoms. The summed E-state index contributed by atoms with van der Waals surface area (Å²) < 4.78 is 37.3. The molecular formula is C8H2F3N3O3. The van der Waals surface area contributed by atoms with Gasteiger partial charge in [0.2, 0.25) is 5.75 Å². The van der Waals surface area contributed by atoms with E-state index in [0.717, 1.165) is 0 Å². The van der Waals surface area contributed by atoms with Crippen LogP contribution in [0.2, 0.25) is 0 Å². The normalized spacial score (nSPS) is 25.1. The van der Waals surface area contributed by atoms with E-state index in [2.05, 4.69) is 14.9 Å². The number of urea groups is 1. The summed E-state index contributed by atoms with van der Waals surface area (Å²) in [6, 6.07) is 0.0565. The summed E-state index contributed by atoms with van der Waals surface area (Å²) in [5, 5.41) is 14.3. The van der Waals surface area contributed by atoms with Crippen LogP contribution >= 0.6 is 0 Å². The van der Waals surface area contributed by atoms with Crippen LogP contribution in [0.3, 0.4) is 0 Å². The Kier molecular flexibility index (Phi) is 1.57. The van der Waals surface area contributed by atoms with Gasteiger partial charge in [-0.25, -0.2) is 0 Å². The number of carbonyl (C=O) groups is 1. The number of hydrogen-bond acceptors (Lipinski definition) is 4. The van der Waals surface area contributed by atoms with E-state index in [4.69, 9.17) is 0 Å². The Hall–Kier alpha value is -2.00. The molecule has 0 saturated heterocycles. The number of hydrogen-bond donors (Lipinski definition) is 0. The maximum Gasteiger partial charge on any atom is 0.514 e. The number of carbonyl (C=O) groups excluding carboxylic acids is 1. The van der Waals surface area contributed by atoms with Crippen LogP contribution in [0.25, 0.3) is 0 Å². The van der Waals surface area contributed by atoms with Crippen molar-refractivity contribution in [3.63, 3.8) is 0 Å². The van der Waals surface area contributed by atoms with E-state index in [1.54, 1.807) is 0 Å². The molecule has 4 rings (SSSR count). The first-order chi connectivity index (χ1) is 7.79. The highest BCUT2D eigenvalue weighted by Gasteiger charge is 2.43. The second-order valence-electron chi connectivity index (χ2n) is 3.45. The third-order valence-corrected chi connectivity index (χ3v) is 2.29. The maximum absolute atomic E-state index is 12.4. The lowest BCUT2D eigenvalue weighted by atomic mass is 10.2. The average molecular weight is 245 g/mol. The zero-order valence-electron chi connectivity index (χ0n) is 7.85. The molecule has 0 saturated carbocycles. The van der Waals surface area contributed by atoms with Gasteiger partial charge in [0.25, 0.3) is 0 Å². The van der Waals surface area contributed by atoms with Gasteiger partial charge >= 0.3 is 12.2 Å². The SMILES string of the molecule is O=C1N=c2c3cc(C(F)(F)F)cc2=N[N+]1([O-])O3. The molecular weight excluding hydrogens is 243 g/mol. The predicted molar refractivity (Wildman–Crippen MR) is 43.4 cm³/mol. The van der Waals surface area contributed by atoms with E-state index >= 15 is 0 Å². The standard InChI is InChI=1S/C8H2F3N3O3/c9-8(10,11)3-1-4-6-5(2-3)17-14(16,13-4)7(15)12-6/h1-2H. The van der Waals surface area contributed by atoms with Crippen LogP contribution in [0.1, 0.15) is 5.56 Å². The van der Waals surface area contributed by atoms with Gasteiger partial charge in [-0.15, -0.1) is 4.99 Å². The zero-order valence-corrected chi connectivity index (χ0v) is 7.85. The first-order valence-corrected chi connectivity index (χ1v) is 4.34. The van der Waals surface area contributed by atoms with Crippen molar-refractivity contribution < 1.29 is 27.7 Å². The summed E-state index contributed by atoms with van der Waals surface area (Å²) in [6.07, 6.45) is -4.58. The first-order valence-electron chi connectivity index (χ1n) is 4.34. The number of alkyl halides is 3. The van der Waals surface area contributed by atoms with Crippen LogP contribution in [0.15, 0.2) is 22.2 Å². The number of benzene rings is 1. The number of quaternary nitrogens is 1. The molecule has 0 fully saturated rings. The molecule has 6 nitrogen and oxygen atoms in total. The van der Waals surface area contributed by atoms with Crippen LogP contribution < -0.4 is 15.6 Å². The molecule has 1 atom stereocenters. The van der Waals surface area contributed by atoms with Crippen LogP contribution in [0.4, 0.5) is 18.0 Å². The topological polar surface area (TPSA) is 74.1 Å². The van der Waals surface area contributed by atoms with E-state index in [0.29, 0.717) is 12.1 Å². The van der Waals surface area contributed by atoms with Crippen molar-refractivity contribution >= 4 is 6.03 Å². The van der Waals surface area contributed by atoms with Gasteiger partial charge in [-0.3, -0.25) is 4.84 Å². The Morgan fingerprint density at radius 3 is 2.59 bits per heavy atom. The van der Waals surface area contributed by atoms with E-state index in [1.165, 1.54) is 0 Å². The van der Waals surface area contributed by atoms with E-state index in [9.17, 15) is 23.2 Å². The molecule has 0 aliphatic carbocycles. The lowest BCUT2D eigenvalue weighted by Crippen LogP contribution is -2.57. The van der Waals surface area contributed by atoms with E-state index < -0.39 is 22.7 Å². The highest BCUT2D eigenvalue weighted by atomic mass is 19.4. The molecule has 1 unspecified atom stereocenters. The summed E-state index contributed by atoms with van der Waals surface area (Å²) in [6.45, 7) is 0. The van der Waals surface area contributed by atoms with Crippen molar-refractivity contribution in [3.8, 4) is 5.75 Å². The summed E-state index contributed by atoms with van der Waals surface area (Å²) >= 11 is 0. The molecule has 4 bridgehead atoms. The number of fused-ring (bicyclic) bond motifs is 1. The monoisotopic (exact) mass is 245 g/mol. The third-order valence-electron chi connectivity index (χ3n) is 2.29. The van der Waals surface area contributed by atoms with Gasteiger partial charge in [-0.05, 0) is 11.2 Å². The predicted octanol–water partition coefficient (Wildman–Crippen LogP) is 0.615. The van der Waals surface area contributed by atoms with Crippen LogP contribution in [-0.4, -0.2) is 10.9 Å². The summed E-state index contributed by atoms with van der Waals surface area (Å²) in [5.41, 5.74) is -1.01. The number of halogens is 3. The molecule has 1 aromatic carbocycles. The van der Waals surface area contributed by atoms with Crippen molar-refractivity contribution in [2.75, 3.05) is 0 Å². The second-order valence-corrected chi connectivity index (χ2v) is 3.45. The van der Waals surface area contributed by atoms with Gasteiger partial charge in [0.05, 0.1) is 5.56 Å². The lowest BCUT2D eigenvalue weighted by molar-refractivity contribution is -0.982. The van der Waals surface area contributed by atoms with Gasteiger partial charge in [-0.2, -0.15) is 18.0 Å². The minimum Gasteiger partial charge on any atom is -0.552 e. The van der Waals surface area contributed by atoms with Crippen molar-refractivity contribution in [2.24, 2.45) is 10.1 Å². The van der Waals surface area contributed by atoms with Crippen LogP contribution in [-0.2, 0) is 6.18 Å². The molecule has 3 heterocycles. The molecule has 1 aromatic rings. The number of nitrogens with zero attached hydrogens (tertiary/aromatic N) is 3. The molecule has 0 radical (unpaired) electrons. The fourth-order valence-corrected chi connectivity index (χ4v) is 1.55. The molecule has 0 aromatic heterocycles. The molecule has 3 aliphatic rings.